The lowest BCUT2D eigenvalue weighted by Crippen LogP contribution is -2.25. The molecule has 2 heterocycles. The standard InChI is InChI=1S/C15H20N4/c1-4-6-17-15(13-9-16-7-5-11(13)2)14-10-18-12(3)8-19-14/h5,7-10,15,17H,4,6H2,1-3H3. The van der Waals surface area contributed by atoms with Crippen molar-refractivity contribution in [3.8, 4) is 0 Å². The van der Waals surface area contributed by atoms with Crippen molar-refractivity contribution in [3.63, 3.8) is 0 Å². The van der Waals surface area contributed by atoms with Crippen LogP contribution >= 0.6 is 0 Å². The van der Waals surface area contributed by atoms with Gasteiger partial charge in [0.15, 0.2) is 0 Å². The van der Waals surface area contributed by atoms with E-state index in [1.807, 2.05) is 37.8 Å². The quantitative estimate of drug-likeness (QED) is 0.893. The molecular formula is C15H20N4. The van der Waals surface area contributed by atoms with Crippen LogP contribution in [0.4, 0.5) is 0 Å². The summed E-state index contributed by atoms with van der Waals surface area (Å²) in [4.78, 5) is 13.1. The minimum Gasteiger partial charge on any atom is -0.305 e. The molecule has 1 atom stereocenters. The van der Waals surface area contributed by atoms with Gasteiger partial charge in [0.25, 0.3) is 0 Å². The Labute approximate surface area is 114 Å². The largest absolute Gasteiger partial charge is 0.305 e. The number of rotatable bonds is 5. The molecule has 0 fully saturated rings. The van der Waals surface area contributed by atoms with Crippen LogP contribution in [-0.2, 0) is 0 Å². The maximum atomic E-state index is 4.50. The molecule has 0 amide bonds. The van der Waals surface area contributed by atoms with E-state index in [9.17, 15) is 0 Å². The van der Waals surface area contributed by atoms with Crippen molar-refractivity contribution in [3.05, 3.63) is 53.4 Å². The van der Waals surface area contributed by atoms with Gasteiger partial charge in [-0.1, -0.05) is 6.92 Å². The number of aromatic nitrogens is 3. The van der Waals surface area contributed by atoms with Crippen LogP contribution in [0.25, 0.3) is 0 Å². The van der Waals surface area contributed by atoms with E-state index >= 15 is 0 Å². The van der Waals surface area contributed by atoms with Crippen LogP contribution < -0.4 is 5.32 Å². The van der Waals surface area contributed by atoms with Crippen molar-refractivity contribution in [1.82, 2.24) is 20.3 Å². The second-order valence-corrected chi connectivity index (χ2v) is 4.70. The van der Waals surface area contributed by atoms with Crippen LogP contribution in [0.2, 0.25) is 0 Å². The van der Waals surface area contributed by atoms with Crippen molar-refractivity contribution in [1.29, 1.82) is 0 Å². The highest BCUT2D eigenvalue weighted by molar-refractivity contribution is 5.31. The third-order valence-electron chi connectivity index (χ3n) is 3.09. The fraction of sp³-hybridized carbons (Fsp3) is 0.400. The number of nitrogens with zero attached hydrogens (tertiary/aromatic N) is 3. The highest BCUT2D eigenvalue weighted by Crippen LogP contribution is 2.22. The minimum atomic E-state index is 0.0572. The number of hydrogen-bond donors (Lipinski definition) is 1. The van der Waals surface area contributed by atoms with Crippen LogP contribution in [0.5, 0.6) is 0 Å². The van der Waals surface area contributed by atoms with E-state index in [1.165, 1.54) is 5.56 Å². The second-order valence-electron chi connectivity index (χ2n) is 4.70. The first kappa shape index (κ1) is 13.6. The summed E-state index contributed by atoms with van der Waals surface area (Å²) >= 11 is 0. The van der Waals surface area contributed by atoms with Crippen LogP contribution in [0.1, 0.15) is 41.9 Å². The summed E-state index contributed by atoms with van der Waals surface area (Å²) in [5.41, 5.74) is 4.25. The number of aryl methyl sites for hydroxylation is 2. The smallest absolute Gasteiger partial charge is 0.0802 e. The maximum Gasteiger partial charge on any atom is 0.0802 e. The molecule has 0 saturated carbocycles. The number of hydrogen-bond acceptors (Lipinski definition) is 4. The molecule has 0 bridgehead atoms. The summed E-state index contributed by atoms with van der Waals surface area (Å²) in [5.74, 6) is 0. The van der Waals surface area contributed by atoms with E-state index in [4.69, 9.17) is 0 Å². The SMILES string of the molecule is CCCNC(c1cnc(C)cn1)c1cnccc1C. The molecule has 0 saturated heterocycles. The Kier molecular flexibility index (Phi) is 4.58. The van der Waals surface area contributed by atoms with Crippen LogP contribution in [-0.4, -0.2) is 21.5 Å². The van der Waals surface area contributed by atoms with Gasteiger partial charge < -0.3 is 5.32 Å². The van der Waals surface area contributed by atoms with Gasteiger partial charge in [0.05, 0.1) is 23.6 Å². The molecule has 2 aromatic heterocycles. The lowest BCUT2D eigenvalue weighted by molar-refractivity contribution is 0.580. The molecular weight excluding hydrogens is 236 g/mol. The molecule has 4 heteroatoms. The predicted octanol–water partition coefficient (Wildman–Crippen LogP) is 2.58. The molecule has 0 aliphatic rings. The number of nitrogens with one attached hydrogen (secondary N) is 1. The highest BCUT2D eigenvalue weighted by atomic mass is 15.0. The number of pyridine rings is 1. The first-order valence-corrected chi connectivity index (χ1v) is 6.64. The lowest BCUT2D eigenvalue weighted by Gasteiger charge is -2.19. The second kappa shape index (κ2) is 6.38. The average molecular weight is 256 g/mol. The summed E-state index contributed by atoms with van der Waals surface area (Å²) in [6.07, 6.45) is 8.45. The fourth-order valence-electron chi connectivity index (χ4n) is 1.99. The topological polar surface area (TPSA) is 50.7 Å². The first-order valence-electron chi connectivity index (χ1n) is 6.64. The van der Waals surface area contributed by atoms with Gasteiger partial charge in [0.1, 0.15) is 0 Å². The Morgan fingerprint density at radius 2 is 2.00 bits per heavy atom. The van der Waals surface area contributed by atoms with E-state index in [-0.39, 0.29) is 6.04 Å². The molecule has 0 spiro atoms. The lowest BCUT2D eigenvalue weighted by atomic mass is 10.0. The summed E-state index contributed by atoms with van der Waals surface area (Å²) in [6, 6.07) is 2.08. The van der Waals surface area contributed by atoms with Gasteiger partial charge in [-0.05, 0) is 44.0 Å². The zero-order valence-corrected chi connectivity index (χ0v) is 11.7. The molecule has 2 rings (SSSR count). The molecule has 0 aliphatic heterocycles. The Hall–Kier alpha value is -1.81. The normalized spacial score (nSPS) is 12.4. The fourth-order valence-corrected chi connectivity index (χ4v) is 1.99. The first-order chi connectivity index (χ1) is 9.22. The van der Waals surface area contributed by atoms with E-state index in [0.29, 0.717) is 0 Å². The molecule has 2 aromatic rings. The molecule has 19 heavy (non-hydrogen) atoms. The van der Waals surface area contributed by atoms with Gasteiger partial charge >= 0.3 is 0 Å². The molecule has 0 aromatic carbocycles. The average Bonchev–Trinajstić information content (AvgIpc) is 2.43. The van der Waals surface area contributed by atoms with Gasteiger partial charge in [0.2, 0.25) is 0 Å². The van der Waals surface area contributed by atoms with Gasteiger partial charge in [-0.15, -0.1) is 0 Å². The Balaban J connectivity index is 2.35. The monoisotopic (exact) mass is 256 g/mol. The minimum absolute atomic E-state index is 0.0572. The van der Waals surface area contributed by atoms with Crippen molar-refractivity contribution >= 4 is 0 Å². The van der Waals surface area contributed by atoms with E-state index in [2.05, 4.69) is 34.1 Å². The molecule has 4 nitrogen and oxygen atoms in total. The van der Waals surface area contributed by atoms with Crippen molar-refractivity contribution < 1.29 is 0 Å². The van der Waals surface area contributed by atoms with E-state index < -0.39 is 0 Å². The van der Waals surface area contributed by atoms with Crippen molar-refractivity contribution in [2.45, 2.75) is 33.2 Å². The van der Waals surface area contributed by atoms with Crippen molar-refractivity contribution in [2.75, 3.05) is 6.54 Å². The molecule has 0 radical (unpaired) electrons. The molecule has 100 valence electrons. The highest BCUT2D eigenvalue weighted by Gasteiger charge is 2.17. The van der Waals surface area contributed by atoms with Crippen LogP contribution in [0.3, 0.4) is 0 Å². The third-order valence-corrected chi connectivity index (χ3v) is 3.09. The predicted molar refractivity (Wildman–Crippen MR) is 75.9 cm³/mol. The van der Waals surface area contributed by atoms with Gasteiger partial charge in [-0.3, -0.25) is 15.0 Å². The summed E-state index contributed by atoms with van der Waals surface area (Å²) in [7, 11) is 0. The Morgan fingerprint density at radius 1 is 1.16 bits per heavy atom. The molecule has 0 aliphatic carbocycles. The van der Waals surface area contributed by atoms with Gasteiger partial charge in [-0.25, -0.2) is 0 Å². The van der Waals surface area contributed by atoms with E-state index in [1.54, 1.807) is 0 Å². The molecule has 1 N–H and O–H groups in total. The van der Waals surface area contributed by atoms with Gasteiger partial charge in [0, 0.05) is 18.6 Å². The zero-order valence-electron chi connectivity index (χ0n) is 11.7. The summed E-state index contributed by atoms with van der Waals surface area (Å²) in [5, 5.41) is 3.52. The molecule has 1 unspecified atom stereocenters. The van der Waals surface area contributed by atoms with Crippen molar-refractivity contribution in [2.24, 2.45) is 0 Å². The maximum absolute atomic E-state index is 4.50. The van der Waals surface area contributed by atoms with Crippen LogP contribution in [0.15, 0.2) is 30.9 Å². The Morgan fingerprint density at radius 3 is 2.63 bits per heavy atom. The van der Waals surface area contributed by atoms with E-state index in [0.717, 1.165) is 29.9 Å². The summed E-state index contributed by atoms with van der Waals surface area (Å²) in [6.45, 7) is 7.13. The zero-order chi connectivity index (χ0) is 13.7. The third kappa shape index (κ3) is 3.35. The Bertz CT molecular complexity index is 522. The van der Waals surface area contributed by atoms with Gasteiger partial charge in [-0.2, -0.15) is 0 Å². The van der Waals surface area contributed by atoms with Crippen LogP contribution in [0, 0.1) is 13.8 Å². The summed E-state index contributed by atoms with van der Waals surface area (Å²) < 4.78 is 0.